The first-order valence-electron chi connectivity index (χ1n) is 15.2. The number of carbonyl (C=O) groups excluding carboxylic acids is 1. The Balaban J connectivity index is 1.19. The summed E-state index contributed by atoms with van der Waals surface area (Å²) < 4.78 is 39.4. The van der Waals surface area contributed by atoms with Gasteiger partial charge in [-0.2, -0.15) is 4.31 Å². The van der Waals surface area contributed by atoms with Gasteiger partial charge in [-0.3, -0.25) is 9.78 Å². The molecule has 6 rings (SSSR count). The second-order valence-corrected chi connectivity index (χ2v) is 13.6. The van der Waals surface area contributed by atoms with Crippen LogP contribution in [0.3, 0.4) is 0 Å². The van der Waals surface area contributed by atoms with Gasteiger partial charge in [0.15, 0.2) is 0 Å². The second-order valence-electron chi connectivity index (χ2n) is 11.7. The monoisotopic (exact) mass is 630 g/mol. The van der Waals surface area contributed by atoms with Gasteiger partial charge in [0.2, 0.25) is 10.0 Å². The molecule has 0 saturated carbocycles. The Morgan fingerprint density at radius 3 is 2.47 bits per heavy atom. The molecule has 0 bridgehead atoms. The molecule has 1 aromatic carbocycles. The van der Waals surface area contributed by atoms with Gasteiger partial charge >= 0.3 is 0 Å². The molecule has 5 heterocycles. The lowest BCUT2D eigenvalue weighted by Crippen LogP contribution is -2.45. The van der Waals surface area contributed by atoms with E-state index < -0.39 is 10.0 Å². The third-order valence-corrected chi connectivity index (χ3v) is 10.3. The standard InChI is InChI=1S/C33H38N6O5S/c1-21-14-26(15-31(24(21)4)45(41,42)39-10-12-43-13-11-39)33(40)35-18-27-16-30-25(17-34-27)8-9-29(36-30)28-6-5-7-32(37-28)38-19-22(2)44-23(3)20-38/h5-9,14-17,22-23H,10-13,18-20H2,1-4H3,(H,35,40)/t22-,23+. The number of carbonyl (C=O) groups is 1. The van der Waals surface area contributed by atoms with E-state index in [2.05, 4.69) is 29.0 Å². The lowest BCUT2D eigenvalue weighted by atomic mass is 10.1. The lowest BCUT2D eigenvalue weighted by molar-refractivity contribution is -0.00545. The predicted molar refractivity (Wildman–Crippen MR) is 172 cm³/mol. The second kappa shape index (κ2) is 12.8. The fourth-order valence-corrected chi connectivity index (χ4v) is 7.56. The minimum atomic E-state index is -3.76. The van der Waals surface area contributed by atoms with Gasteiger partial charge in [-0.05, 0) is 81.3 Å². The van der Waals surface area contributed by atoms with Crippen LogP contribution in [0.25, 0.3) is 22.3 Å². The van der Waals surface area contributed by atoms with Crippen LogP contribution in [-0.2, 0) is 26.0 Å². The van der Waals surface area contributed by atoms with Crippen LogP contribution in [0.1, 0.15) is 41.0 Å². The highest BCUT2D eigenvalue weighted by atomic mass is 32.2. The predicted octanol–water partition coefficient (Wildman–Crippen LogP) is 3.87. The maximum absolute atomic E-state index is 13.4. The molecule has 236 valence electrons. The molecule has 4 aromatic rings. The normalized spacial score (nSPS) is 19.5. The number of anilines is 1. The Labute approximate surface area is 263 Å². The van der Waals surface area contributed by atoms with Crippen LogP contribution in [0.4, 0.5) is 5.82 Å². The molecule has 1 amide bonds. The molecule has 2 saturated heterocycles. The molecule has 0 radical (unpaired) electrons. The van der Waals surface area contributed by atoms with Crippen LogP contribution in [0.2, 0.25) is 0 Å². The number of morpholine rings is 2. The maximum Gasteiger partial charge on any atom is 0.251 e. The number of aromatic nitrogens is 3. The zero-order valence-corrected chi connectivity index (χ0v) is 26.8. The van der Waals surface area contributed by atoms with E-state index >= 15 is 0 Å². The van der Waals surface area contributed by atoms with Gasteiger partial charge in [0, 0.05) is 43.3 Å². The summed E-state index contributed by atoms with van der Waals surface area (Å²) in [4.78, 5) is 29.9. The Bertz CT molecular complexity index is 1830. The fraction of sp³-hybridized carbons (Fsp3) is 0.394. The number of benzene rings is 1. The van der Waals surface area contributed by atoms with Crippen molar-refractivity contribution in [3.8, 4) is 11.4 Å². The number of fused-ring (bicyclic) bond motifs is 1. The number of rotatable bonds is 7. The first-order chi connectivity index (χ1) is 21.6. The molecule has 45 heavy (non-hydrogen) atoms. The van der Waals surface area contributed by atoms with Crippen LogP contribution in [0.5, 0.6) is 0 Å². The molecule has 3 aromatic heterocycles. The Morgan fingerprint density at radius 1 is 0.978 bits per heavy atom. The van der Waals surface area contributed by atoms with Crippen LogP contribution in [0, 0.1) is 13.8 Å². The summed E-state index contributed by atoms with van der Waals surface area (Å²) in [5, 5.41) is 3.76. The number of nitrogens with one attached hydrogen (secondary N) is 1. The number of sulfonamides is 1. The van der Waals surface area contributed by atoms with Gasteiger partial charge in [-0.25, -0.2) is 18.4 Å². The summed E-state index contributed by atoms with van der Waals surface area (Å²) in [6, 6.07) is 14.9. The van der Waals surface area contributed by atoms with Crippen molar-refractivity contribution in [2.45, 2.75) is 51.3 Å². The van der Waals surface area contributed by atoms with E-state index in [9.17, 15) is 13.2 Å². The molecule has 0 unspecified atom stereocenters. The maximum atomic E-state index is 13.4. The minimum Gasteiger partial charge on any atom is -0.379 e. The van der Waals surface area contributed by atoms with E-state index in [4.69, 9.17) is 19.4 Å². The molecule has 11 nitrogen and oxygen atoms in total. The number of hydrogen-bond donors (Lipinski definition) is 1. The van der Waals surface area contributed by atoms with Gasteiger partial charge in [0.05, 0.1) is 59.5 Å². The van der Waals surface area contributed by atoms with Crippen molar-refractivity contribution in [1.82, 2.24) is 24.6 Å². The molecule has 2 fully saturated rings. The van der Waals surface area contributed by atoms with Gasteiger partial charge in [-0.15, -0.1) is 0 Å². The number of aryl methyl sites for hydroxylation is 1. The van der Waals surface area contributed by atoms with Crippen molar-refractivity contribution < 1.29 is 22.7 Å². The number of pyridine rings is 3. The molecular weight excluding hydrogens is 592 g/mol. The third kappa shape index (κ3) is 6.69. The Morgan fingerprint density at radius 2 is 1.71 bits per heavy atom. The Hall–Kier alpha value is -3.97. The van der Waals surface area contributed by atoms with E-state index in [1.165, 1.54) is 10.4 Å². The number of hydrogen-bond acceptors (Lipinski definition) is 9. The van der Waals surface area contributed by atoms with Crippen molar-refractivity contribution in [1.29, 1.82) is 0 Å². The highest BCUT2D eigenvalue weighted by Gasteiger charge is 2.29. The molecule has 2 aliphatic rings. The smallest absolute Gasteiger partial charge is 0.251 e. The largest absolute Gasteiger partial charge is 0.379 e. The average molecular weight is 631 g/mol. The quantitative estimate of drug-likeness (QED) is 0.324. The molecule has 2 atom stereocenters. The van der Waals surface area contributed by atoms with Crippen molar-refractivity contribution in [3.63, 3.8) is 0 Å². The fourth-order valence-electron chi connectivity index (χ4n) is 5.83. The van der Waals surface area contributed by atoms with Crippen LogP contribution >= 0.6 is 0 Å². The molecule has 12 heteroatoms. The Kier molecular flexibility index (Phi) is 8.82. The van der Waals surface area contributed by atoms with Crippen LogP contribution in [-0.4, -0.2) is 85.2 Å². The lowest BCUT2D eigenvalue weighted by Gasteiger charge is -2.36. The van der Waals surface area contributed by atoms with Crippen molar-refractivity contribution in [3.05, 3.63) is 77.1 Å². The summed E-state index contributed by atoms with van der Waals surface area (Å²) in [7, 11) is -3.76. The number of ether oxygens (including phenoxy) is 2. The van der Waals surface area contributed by atoms with E-state index in [0.717, 1.165) is 46.8 Å². The van der Waals surface area contributed by atoms with Gasteiger partial charge in [-0.1, -0.05) is 6.07 Å². The van der Waals surface area contributed by atoms with Crippen molar-refractivity contribution in [2.24, 2.45) is 0 Å². The van der Waals surface area contributed by atoms with Crippen LogP contribution in [0.15, 0.2) is 59.6 Å². The first kappa shape index (κ1) is 31.0. The van der Waals surface area contributed by atoms with Gasteiger partial charge in [0.25, 0.3) is 5.91 Å². The molecule has 1 N–H and O–H groups in total. The highest BCUT2D eigenvalue weighted by Crippen LogP contribution is 2.26. The third-order valence-electron chi connectivity index (χ3n) is 8.27. The SMILES string of the molecule is Cc1cc(C(=O)NCc2cc3nc(-c4cccc(N5C[C@@H](C)O[C@@H](C)C5)n4)ccc3cn2)cc(S(=O)(=O)N2CCOCC2)c1C. The van der Waals surface area contributed by atoms with Gasteiger partial charge in [0.1, 0.15) is 5.82 Å². The summed E-state index contributed by atoms with van der Waals surface area (Å²) in [5.74, 6) is 0.509. The molecular formula is C33H38N6O5S. The summed E-state index contributed by atoms with van der Waals surface area (Å²) in [6.07, 6.45) is 1.99. The van der Waals surface area contributed by atoms with Crippen molar-refractivity contribution >= 4 is 32.7 Å². The zero-order chi connectivity index (χ0) is 31.7. The van der Waals surface area contributed by atoms with Crippen LogP contribution < -0.4 is 10.2 Å². The van der Waals surface area contributed by atoms with E-state index in [1.54, 1.807) is 19.2 Å². The summed E-state index contributed by atoms with van der Waals surface area (Å²) >= 11 is 0. The topological polar surface area (TPSA) is 127 Å². The van der Waals surface area contributed by atoms with Gasteiger partial charge < -0.3 is 19.7 Å². The number of nitrogens with zero attached hydrogens (tertiary/aromatic N) is 5. The van der Waals surface area contributed by atoms with E-state index in [0.29, 0.717) is 24.5 Å². The first-order valence-corrected chi connectivity index (χ1v) is 16.6. The van der Waals surface area contributed by atoms with Crippen molar-refractivity contribution in [2.75, 3.05) is 44.3 Å². The summed E-state index contributed by atoms with van der Waals surface area (Å²) in [5.41, 5.74) is 4.51. The summed E-state index contributed by atoms with van der Waals surface area (Å²) in [6.45, 7) is 10.7. The zero-order valence-electron chi connectivity index (χ0n) is 26.0. The van der Waals surface area contributed by atoms with E-state index in [1.807, 2.05) is 43.3 Å². The highest BCUT2D eigenvalue weighted by molar-refractivity contribution is 7.89. The molecule has 2 aliphatic heterocycles. The minimum absolute atomic E-state index is 0.129. The number of amides is 1. The average Bonchev–Trinajstić information content (AvgIpc) is 3.04. The molecule has 0 aliphatic carbocycles. The van der Waals surface area contributed by atoms with E-state index in [-0.39, 0.29) is 48.2 Å². The molecule has 0 spiro atoms.